The van der Waals surface area contributed by atoms with Crippen LogP contribution < -0.4 is 0 Å². The SMILES string of the molecule is C=NC1c2cc(Br)ccc2-c2ccc(Br)cc21. The Morgan fingerprint density at radius 2 is 1.35 bits per heavy atom. The van der Waals surface area contributed by atoms with Crippen LogP contribution in [0.3, 0.4) is 0 Å². The summed E-state index contributed by atoms with van der Waals surface area (Å²) in [5.41, 5.74) is 4.96. The second-order valence-electron chi connectivity index (χ2n) is 4.05. The highest BCUT2D eigenvalue weighted by molar-refractivity contribution is 9.10. The molecule has 0 saturated carbocycles. The summed E-state index contributed by atoms with van der Waals surface area (Å²) >= 11 is 7.02. The minimum absolute atomic E-state index is 0.0509. The Morgan fingerprint density at radius 3 is 1.76 bits per heavy atom. The maximum Gasteiger partial charge on any atom is 0.100 e. The van der Waals surface area contributed by atoms with Crippen LogP contribution in [0.25, 0.3) is 11.1 Å². The number of hydrogen-bond donors (Lipinski definition) is 0. The lowest BCUT2D eigenvalue weighted by atomic mass is 10.1. The normalized spacial score (nSPS) is 13.3. The van der Waals surface area contributed by atoms with Crippen LogP contribution >= 0.6 is 31.9 Å². The van der Waals surface area contributed by atoms with Crippen molar-refractivity contribution in [3.05, 3.63) is 56.5 Å². The summed E-state index contributed by atoms with van der Waals surface area (Å²) in [5, 5.41) is 0. The van der Waals surface area contributed by atoms with E-state index in [4.69, 9.17) is 0 Å². The maximum absolute atomic E-state index is 4.26. The first kappa shape index (κ1) is 11.2. The van der Waals surface area contributed by atoms with Gasteiger partial charge in [0.25, 0.3) is 0 Å². The molecule has 0 aliphatic heterocycles. The predicted molar refractivity (Wildman–Crippen MR) is 78.7 cm³/mol. The highest BCUT2D eigenvalue weighted by Gasteiger charge is 2.27. The van der Waals surface area contributed by atoms with Gasteiger partial charge in [0.2, 0.25) is 0 Å². The van der Waals surface area contributed by atoms with Gasteiger partial charge in [0, 0.05) is 8.95 Å². The van der Waals surface area contributed by atoms with E-state index in [1.54, 1.807) is 0 Å². The number of fused-ring (bicyclic) bond motifs is 3. The van der Waals surface area contributed by atoms with Gasteiger partial charge in [-0.1, -0.05) is 44.0 Å². The summed E-state index contributed by atoms with van der Waals surface area (Å²) in [6.07, 6.45) is 0. The fourth-order valence-electron chi connectivity index (χ4n) is 2.37. The summed E-state index contributed by atoms with van der Waals surface area (Å²) in [6.45, 7) is 3.72. The average Bonchev–Trinajstić information content (AvgIpc) is 2.60. The standard InChI is InChI=1S/C14H9Br2N/c1-17-14-12-6-8(15)2-4-10(12)11-5-3-9(16)7-13(11)14/h2-7,14H,1H2. The molecule has 0 radical (unpaired) electrons. The molecule has 0 fully saturated rings. The molecule has 1 aliphatic carbocycles. The fraction of sp³-hybridized carbons (Fsp3) is 0.0714. The molecule has 3 heteroatoms. The van der Waals surface area contributed by atoms with E-state index >= 15 is 0 Å². The molecule has 17 heavy (non-hydrogen) atoms. The van der Waals surface area contributed by atoms with Crippen molar-refractivity contribution in [2.45, 2.75) is 6.04 Å². The first-order valence-corrected chi connectivity index (χ1v) is 6.84. The molecule has 0 heterocycles. The van der Waals surface area contributed by atoms with Gasteiger partial charge in [0.15, 0.2) is 0 Å². The topological polar surface area (TPSA) is 12.4 Å². The molecule has 0 spiro atoms. The zero-order valence-electron chi connectivity index (χ0n) is 8.95. The van der Waals surface area contributed by atoms with Crippen LogP contribution in [0.4, 0.5) is 0 Å². The molecule has 2 aromatic rings. The Hall–Kier alpha value is -0.930. The van der Waals surface area contributed by atoms with Crippen molar-refractivity contribution < 1.29 is 0 Å². The van der Waals surface area contributed by atoms with Gasteiger partial charge in [-0.25, -0.2) is 0 Å². The number of halogens is 2. The molecule has 1 nitrogen and oxygen atoms in total. The Labute approximate surface area is 117 Å². The lowest BCUT2D eigenvalue weighted by molar-refractivity contribution is 0.910. The lowest BCUT2D eigenvalue weighted by Crippen LogP contribution is -1.91. The van der Waals surface area contributed by atoms with Gasteiger partial charge >= 0.3 is 0 Å². The van der Waals surface area contributed by atoms with Gasteiger partial charge in [0.1, 0.15) is 6.04 Å². The van der Waals surface area contributed by atoms with Crippen molar-refractivity contribution in [3.8, 4) is 11.1 Å². The van der Waals surface area contributed by atoms with Crippen molar-refractivity contribution in [3.63, 3.8) is 0 Å². The molecule has 3 rings (SSSR count). The molecule has 2 aromatic carbocycles. The Balaban J connectivity index is 2.32. The van der Waals surface area contributed by atoms with Crippen molar-refractivity contribution in [2.24, 2.45) is 4.99 Å². The van der Waals surface area contributed by atoms with Gasteiger partial charge < -0.3 is 0 Å². The third-order valence-corrected chi connectivity index (χ3v) is 4.08. The summed E-state index contributed by atoms with van der Waals surface area (Å²) < 4.78 is 2.16. The van der Waals surface area contributed by atoms with Crippen LogP contribution in [0.2, 0.25) is 0 Å². The van der Waals surface area contributed by atoms with E-state index in [1.165, 1.54) is 22.3 Å². The summed E-state index contributed by atoms with van der Waals surface area (Å²) in [7, 11) is 0. The molecule has 1 aliphatic rings. The maximum atomic E-state index is 4.26. The second-order valence-corrected chi connectivity index (χ2v) is 5.88. The van der Waals surface area contributed by atoms with Crippen LogP contribution in [0.15, 0.2) is 50.3 Å². The van der Waals surface area contributed by atoms with Crippen LogP contribution in [0.5, 0.6) is 0 Å². The van der Waals surface area contributed by atoms with Crippen LogP contribution in [-0.4, -0.2) is 6.72 Å². The summed E-state index contributed by atoms with van der Waals surface area (Å²) in [5.74, 6) is 0. The Bertz CT molecular complexity index is 568. The predicted octanol–water partition coefficient (Wildman–Crippen LogP) is 4.98. The first-order valence-electron chi connectivity index (χ1n) is 5.26. The quantitative estimate of drug-likeness (QED) is 0.643. The number of rotatable bonds is 1. The van der Waals surface area contributed by atoms with E-state index in [-0.39, 0.29) is 6.04 Å². The Morgan fingerprint density at radius 1 is 0.882 bits per heavy atom. The van der Waals surface area contributed by atoms with Crippen molar-refractivity contribution >= 4 is 38.6 Å². The number of aliphatic imine (C=N–C) groups is 1. The number of hydrogen-bond acceptors (Lipinski definition) is 1. The van der Waals surface area contributed by atoms with Gasteiger partial charge in [-0.05, 0) is 53.2 Å². The van der Waals surface area contributed by atoms with E-state index < -0.39 is 0 Å². The zero-order valence-corrected chi connectivity index (χ0v) is 12.1. The monoisotopic (exact) mass is 349 g/mol. The minimum atomic E-state index is 0.0509. The second kappa shape index (κ2) is 4.07. The highest BCUT2D eigenvalue weighted by Crippen LogP contribution is 2.46. The smallest absolute Gasteiger partial charge is 0.100 e. The minimum Gasteiger partial charge on any atom is -0.288 e. The molecule has 84 valence electrons. The zero-order chi connectivity index (χ0) is 12.0. The third kappa shape index (κ3) is 1.69. The van der Waals surface area contributed by atoms with E-state index in [2.05, 4.69) is 80.0 Å². The van der Waals surface area contributed by atoms with E-state index in [1.807, 2.05) is 0 Å². The van der Waals surface area contributed by atoms with Crippen LogP contribution in [0.1, 0.15) is 17.2 Å². The van der Waals surface area contributed by atoms with Crippen molar-refractivity contribution in [1.82, 2.24) is 0 Å². The molecule has 0 aromatic heterocycles. The first-order chi connectivity index (χ1) is 8.20. The Kier molecular flexibility index (Phi) is 2.68. The van der Waals surface area contributed by atoms with Crippen LogP contribution in [-0.2, 0) is 0 Å². The van der Waals surface area contributed by atoms with Crippen molar-refractivity contribution in [2.75, 3.05) is 0 Å². The van der Waals surface area contributed by atoms with Crippen molar-refractivity contribution in [1.29, 1.82) is 0 Å². The summed E-state index contributed by atoms with van der Waals surface area (Å²) in [4.78, 5) is 4.26. The number of benzene rings is 2. The van der Waals surface area contributed by atoms with Gasteiger partial charge in [-0.2, -0.15) is 0 Å². The molecule has 0 unspecified atom stereocenters. The molecule has 0 N–H and O–H groups in total. The summed E-state index contributed by atoms with van der Waals surface area (Å²) in [6, 6.07) is 12.7. The van der Waals surface area contributed by atoms with Gasteiger partial charge in [-0.3, -0.25) is 4.99 Å². The molecular weight excluding hydrogens is 342 g/mol. The van der Waals surface area contributed by atoms with Crippen LogP contribution in [0, 0.1) is 0 Å². The fourth-order valence-corrected chi connectivity index (χ4v) is 3.13. The third-order valence-electron chi connectivity index (χ3n) is 3.09. The molecule has 0 saturated heterocycles. The lowest BCUT2D eigenvalue weighted by Gasteiger charge is -2.07. The molecule has 0 amide bonds. The van der Waals surface area contributed by atoms with E-state index in [9.17, 15) is 0 Å². The molecule has 0 atom stereocenters. The van der Waals surface area contributed by atoms with E-state index in [0.717, 1.165) is 8.95 Å². The number of nitrogens with zero attached hydrogens (tertiary/aromatic N) is 1. The largest absolute Gasteiger partial charge is 0.288 e. The van der Waals surface area contributed by atoms with Gasteiger partial charge in [-0.15, -0.1) is 0 Å². The highest BCUT2D eigenvalue weighted by atomic mass is 79.9. The van der Waals surface area contributed by atoms with Gasteiger partial charge in [0.05, 0.1) is 0 Å². The van der Waals surface area contributed by atoms with E-state index in [0.29, 0.717) is 0 Å². The average molecular weight is 351 g/mol. The molecular formula is C14H9Br2N. The molecule has 0 bridgehead atoms.